The molecule has 160 valence electrons. The predicted molar refractivity (Wildman–Crippen MR) is 125 cm³/mol. The summed E-state index contributed by atoms with van der Waals surface area (Å²) in [6, 6.07) is 13.4. The van der Waals surface area contributed by atoms with Gasteiger partial charge in [-0.2, -0.15) is 0 Å². The van der Waals surface area contributed by atoms with Gasteiger partial charge in [0.25, 0.3) is 0 Å². The lowest BCUT2D eigenvalue weighted by Crippen LogP contribution is -2.28. The number of carboxylic acid groups (broad SMARTS) is 1. The molecule has 2 aliphatic rings. The average molecular weight is 417 g/mol. The summed E-state index contributed by atoms with van der Waals surface area (Å²) in [5, 5.41) is 13.2. The summed E-state index contributed by atoms with van der Waals surface area (Å²) in [4.78, 5) is 14.3. The number of aromatic carboxylic acids is 1. The van der Waals surface area contributed by atoms with Crippen molar-refractivity contribution in [1.29, 1.82) is 0 Å². The van der Waals surface area contributed by atoms with Crippen LogP contribution in [0.2, 0.25) is 0 Å². The van der Waals surface area contributed by atoms with Gasteiger partial charge in [-0.15, -0.1) is 0 Å². The van der Waals surface area contributed by atoms with Gasteiger partial charge in [-0.1, -0.05) is 37.3 Å². The summed E-state index contributed by atoms with van der Waals surface area (Å²) in [6.07, 6.45) is 6.19. The Hall–Kier alpha value is -3.31. The standard InChI is InChI=1S/C26H28N2O3/c1-4-27-17-11-13-21-23(15-17)31-24-16-18(28(5-2)6-3)12-14-22(24)25(21)19-9-7-8-10-20(19)26(29)30/h7-17,27H,4-6H2,1-3H3,(H,29,30). The van der Waals surface area contributed by atoms with Crippen molar-refractivity contribution in [2.75, 3.05) is 24.5 Å². The molecule has 1 aliphatic carbocycles. The van der Waals surface area contributed by atoms with Crippen LogP contribution in [0.4, 0.5) is 5.69 Å². The summed E-state index contributed by atoms with van der Waals surface area (Å²) in [5.41, 5.74) is 4.78. The molecule has 0 saturated heterocycles. The van der Waals surface area contributed by atoms with Crippen molar-refractivity contribution in [3.8, 4) is 5.75 Å². The molecule has 2 N–H and O–H groups in total. The number of anilines is 1. The van der Waals surface area contributed by atoms with E-state index in [2.05, 4.69) is 55.3 Å². The van der Waals surface area contributed by atoms with Crippen LogP contribution in [0.5, 0.6) is 5.75 Å². The molecule has 0 saturated carbocycles. The van der Waals surface area contributed by atoms with E-state index in [4.69, 9.17) is 4.74 Å². The number of ether oxygens (including phenoxy) is 1. The first kappa shape index (κ1) is 20.9. The molecule has 31 heavy (non-hydrogen) atoms. The van der Waals surface area contributed by atoms with E-state index in [-0.39, 0.29) is 11.6 Å². The number of allylic oxidation sites excluding steroid dienone is 1. The molecule has 2 aromatic rings. The molecular formula is C26H28N2O3. The Labute approximate surface area is 183 Å². The van der Waals surface area contributed by atoms with Crippen LogP contribution >= 0.6 is 0 Å². The molecule has 1 aliphatic heterocycles. The molecule has 4 rings (SSSR count). The molecular weight excluding hydrogens is 388 g/mol. The zero-order valence-electron chi connectivity index (χ0n) is 18.2. The molecule has 0 radical (unpaired) electrons. The normalized spacial score (nSPS) is 16.9. The minimum absolute atomic E-state index is 0.0761. The largest absolute Gasteiger partial charge is 0.478 e. The highest BCUT2D eigenvalue weighted by atomic mass is 16.5. The number of rotatable bonds is 7. The van der Waals surface area contributed by atoms with Gasteiger partial charge in [-0.3, -0.25) is 0 Å². The fourth-order valence-electron chi connectivity index (χ4n) is 4.28. The first-order valence-electron chi connectivity index (χ1n) is 10.8. The van der Waals surface area contributed by atoms with E-state index in [1.54, 1.807) is 12.1 Å². The first-order chi connectivity index (χ1) is 15.1. The van der Waals surface area contributed by atoms with E-state index in [9.17, 15) is 9.90 Å². The lowest BCUT2D eigenvalue weighted by atomic mass is 9.85. The summed E-state index contributed by atoms with van der Waals surface area (Å²) < 4.78 is 6.38. The third-order valence-corrected chi connectivity index (χ3v) is 5.79. The van der Waals surface area contributed by atoms with Crippen LogP contribution in [0.25, 0.3) is 5.57 Å². The number of nitrogens with zero attached hydrogens (tertiary/aromatic N) is 1. The topological polar surface area (TPSA) is 61.8 Å². The van der Waals surface area contributed by atoms with Gasteiger partial charge in [0.15, 0.2) is 0 Å². The summed E-state index contributed by atoms with van der Waals surface area (Å²) in [6.45, 7) is 8.98. The second-order valence-electron chi connectivity index (χ2n) is 7.57. The van der Waals surface area contributed by atoms with E-state index in [0.717, 1.165) is 53.5 Å². The summed E-state index contributed by atoms with van der Waals surface area (Å²) in [5.74, 6) is 0.570. The fourth-order valence-corrected chi connectivity index (χ4v) is 4.28. The molecule has 0 aromatic heterocycles. The third kappa shape index (κ3) is 3.89. The Morgan fingerprint density at radius 1 is 1.10 bits per heavy atom. The van der Waals surface area contributed by atoms with Crippen molar-refractivity contribution in [1.82, 2.24) is 5.32 Å². The molecule has 0 bridgehead atoms. The van der Waals surface area contributed by atoms with Gasteiger partial charge in [0.2, 0.25) is 0 Å². The predicted octanol–water partition coefficient (Wildman–Crippen LogP) is 4.86. The maximum atomic E-state index is 12.0. The van der Waals surface area contributed by atoms with Crippen molar-refractivity contribution in [2.45, 2.75) is 26.8 Å². The minimum Gasteiger partial charge on any atom is -0.478 e. The smallest absolute Gasteiger partial charge is 0.336 e. The van der Waals surface area contributed by atoms with Gasteiger partial charge in [-0.25, -0.2) is 4.79 Å². The number of carboxylic acids is 1. The molecule has 0 spiro atoms. The minimum atomic E-state index is -0.938. The van der Waals surface area contributed by atoms with E-state index >= 15 is 0 Å². The van der Waals surface area contributed by atoms with Crippen LogP contribution in [0.1, 0.15) is 42.3 Å². The van der Waals surface area contributed by atoms with Crippen molar-refractivity contribution >= 4 is 17.2 Å². The van der Waals surface area contributed by atoms with Crippen LogP contribution in [-0.2, 0) is 0 Å². The number of likely N-dealkylation sites (N-methyl/N-ethyl adjacent to an activating group) is 1. The molecule has 0 fully saturated rings. The van der Waals surface area contributed by atoms with Crippen molar-refractivity contribution < 1.29 is 14.6 Å². The van der Waals surface area contributed by atoms with Crippen LogP contribution in [0.15, 0.2) is 72.0 Å². The van der Waals surface area contributed by atoms with E-state index in [1.165, 1.54) is 0 Å². The monoisotopic (exact) mass is 416 g/mol. The van der Waals surface area contributed by atoms with Gasteiger partial charge in [0.05, 0.1) is 5.56 Å². The number of hydrogen-bond donors (Lipinski definition) is 2. The average Bonchev–Trinajstić information content (AvgIpc) is 2.78. The summed E-state index contributed by atoms with van der Waals surface area (Å²) in [7, 11) is 0. The van der Waals surface area contributed by atoms with Gasteiger partial charge in [0.1, 0.15) is 11.5 Å². The maximum absolute atomic E-state index is 12.0. The third-order valence-electron chi connectivity index (χ3n) is 5.79. The van der Waals surface area contributed by atoms with Gasteiger partial charge >= 0.3 is 5.97 Å². The zero-order chi connectivity index (χ0) is 22.0. The quantitative estimate of drug-likeness (QED) is 0.675. The van der Waals surface area contributed by atoms with Crippen LogP contribution in [0.3, 0.4) is 0 Å². The number of hydrogen-bond acceptors (Lipinski definition) is 4. The Morgan fingerprint density at radius 2 is 1.87 bits per heavy atom. The fraction of sp³-hybridized carbons (Fsp3) is 0.269. The second kappa shape index (κ2) is 8.82. The Bertz CT molecular complexity index is 1090. The highest BCUT2D eigenvalue weighted by Crippen LogP contribution is 2.45. The Balaban J connectivity index is 1.94. The van der Waals surface area contributed by atoms with Crippen molar-refractivity contribution in [3.63, 3.8) is 0 Å². The zero-order valence-corrected chi connectivity index (χ0v) is 18.2. The Morgan fingerprint density at radius 3 is 2.58 bits per heavy atom. The summed E-state index contributed by atoms with van der Waals surface area (Å²) >= 11 is 0. The highest BCUT2D eigenvalue weighted by Gasteiger charge is 2.29. The van der Waals surface area contributed by atoms with Gasteiger partial charge in [0, 0.05) is 47.6 Å². The van der Waals surface area contributed by atoms with Crippen LogP contribution < -0.4 is 15.0 Å². The van der Waals surface area contributed by atoms with Crippen molar-refractivity contribution in [3.05, 3.63) is 88.7 Å². The van der Waals surface area contributed by atoms with Crippen LogP contribution in [0, 0.1) is 0 Å². The molecule has 1 atom stereocenters. The van der Waals surface area contributed by atoms with Crippen molar-refractivity contribution in [2.24, 2.45) is 0 Å². The van der Waals surface area contributed by atoms with Gasteiger partial charge < -0.3 is 20.1 Å². The molecule has 1 heterocycles. The molecule has 5 nitrogen and oxygen atoms in total. The lowest BCUT2D eigenvalue weighted by Gasteiger charge is -2.30. The van der Waals surface area contributed by atoms with E-state index < -0.39 is 5.97 Å². The number of nitrogens with one attached hydrogen (secondary N) is 1. The van der Waals surface area contributed by atoms with E-state index in [1.807, 2.05) is 24.3 Å². The Kier molecular flexibility index (Phi) is 5.96. The highest BCUT2D eigenvalue weighted by molar-refractivity contribution is 6.00. The molecule has 2 aromatic carbocycles. The maximum Gasteiger partial charge on any atom is 0.336 e. The number of carbonyl (C=O) groups is 1. The van der Waals surface area contributed by atoms with Crippen LogP contribution in [-0.4, -0.2) is 36.8 Å². The van der Waals surface area contributed by atoms with Gasteiger partial charge in [-0.05, 0) is 50.2 Å². The second-order valence-corrected chi connectivity index (χ2v) is 7.57. The molecule has 1 unspecified atom stereocenters. The SMILES string of the molecule is CCNC1C=CC2=C(c3ccccc3C(=O)O)c3ccc(N(CC)CC)cc3OC2=C1. The molecule has 5 heteroatoms. The van der Waals surface area contributed by atoms with E-state index in [0.29, 0.717) is 5.56 Å². The number of benzene rings is 2. The first-order valence-corrected chi connectivity index (χ1v) is 10.8. The lowest BCUT2D eigenvalue weighted by molar-refractivity contribution is 0.0696. The number of fused-ring (bicyclic) bond motifs is 2. The molecule has 0 amide bonds.